The van der Waals surface area contributed by atoms with Gasteiger partial charge in [0, 0.05) is 19.5 Å². The van der Waals surface area contributed by atoms with E-state index in [1.54, 1.807) is 6.92 Å². The van der Waals surface area contributed by atoms with Gasteiger partial charge in [-0.25, -0.2) is 0 Å². The van der Waals surface area contributed by atoms with Crippen molar-refractivity contribution < 1.29 is 9.63 Å². The first-order valence-electron chi connectivity index (χ1n) is 3.93. The van der Waals surface area contributed by atoms with E-state index in [2.05, 4.69) is 15.5 Å². The van der Waals surface area contributed by atoms with Crippen LogP contribution in [0.4, 0.5) is 0 Å². The number of nitrogens with zero attached hydrogens (tertiary/aromatic N) is 2. The molecule has 5 nitrogen and oxygen atoms in total. The Hall–Kier alpha value is -0.940. The van der Waals surface area contributed by atoms with Gasteiger partial charge in [-0.3, -0.25) is 0 Å². The van der Waals surface area contributed by atoms with Crippen LogP contribution in [-0.4, -0.2) is 34.4 Å². The molecule has 68 valence electrons. The van der Waals surface area contributed by atoms with Crippen molar-refractivity contribution in [3.63, 3.8) is 0 Å². The van der Waals surface area contributed by atoms with Crippen LogP contribution in [0.5, 0.6) is 0 Å². The molecule has 2 N–H and O–H groups in total. The topological polar surface area (TPSA) is 71.2 Å². The van der Waals surface area contributed by atoms with E-state index >= 15 is 0 Å². The maximum atomic E-state index is 8.90. The Labute approximate surface area is 70.8 Å². The highest BCUT2D eigenvalue weighted by Crippen LogP contribution is 1.90. The maximum Gasteiger partial charge on any atom is 0.227 e. The van der Waals surface area contributed by atoms with Crippen LogP contribution >= 0.6 is 0 Å². The Morgan fingerprint density at radius 3 is 3.17 bits per heavy atom. The molecule has 0 aromatic carbocycles. The molecule has 0 amide bonds. The molecule has 0 fully saturated rings. The zero-order valence-corrected chi connectivity index (χ0v) is 7.03. The van der Waals surface area contributed by atoms with Gasteiger partial charge in [-0.05, 0) is 6.92 Å². The van der Waals surface area contributed by atoms with E-state index in [0.29, 0.717) is 18.9 Å². The summed E-state index contributed by atoms with van der Waals surface area (Å²) >= 11 is 0. The number of aliphatic hydroxyl groups excluding tert-OH is 1. The number of aliphatic hydroxyl groups is 1. The summed E-state index contributed by atoms with van der Waals surface area (Å²) in [6.45, 7) is 3.07. The second-order valence-corrected chi connectivity index (χ2v) is 2.64. The van der Waals surface area contributed by atoms with Gasteiger partial charge in [-0.15, -0.1) is 0 Å². The monoisotopic (exact) mass is 171 g/mol. The lowest BCUT2D eigenvalue weighted by molar-refractivity contribution is 0.191. The van der Waals surface area contributed by atoms with Crippen molar-refractivity contribution in [2.45, 2.75) is 19.4 Å². The van der Waals surface area contributed by atoms with Gasteiger partial charge >= 0.3 is 0 Å². The molecule has 1 atom stereocenters. The summed E-state index contributed by atoms with van der Waals surface area (Å²) in [6, 6.07) is 0. The predicted molar refractivity (Wildman–Crippen MR) is 42.6 cm³/mol. The van der Waals surface area contributed by atoms with E-state index in [9.17, 15) is 0 Å². The Morgan fingerprint density at radius 2 is 2.58 bits per heavy atom. The lowest BCUT2D eigenvalue weighted by Crippen LogP contribution is -2.26. The van der Waals surface area contributed by atoms with Crippen LogP contribution in [0.1, 0.15) is 12.8 Å². The van der Waals surface area contributed by atoms with Crippen molar-refractivity contribution in [3.05, 3.63) is 12.2 Å². The van der Waals surface area contributed by atoms with Crippen LogP contribution in [-0.2, 0) is 6.42 Å². The summed E-state index contributed by atoms with van der Waals surface area (Å²) in [6.07, 6.45) is 1.77. The number of aromatic nitrogens is 2. The van der Waals surface area contributed by atoms with Gasteiger partial charge in [0.2, 0.25) is 5.89 Å². The van der Waals surface area contributed by atoms with Gasteiger partial charge < -0.3 is 14.9 Å². The van der Waals surface area contributed by atoms with Gasteiger partial charge in [0.25, 0.3) is 0 Å². The smallest absolute Gasteiger partial charge is 0.227 e. The zero-order chi connectivity index (χ0) is 8.81. The van der Waals surface area contributed by atoms with Crippen LogP contribution in [0.15, 0.2) is 10.9 Å². The Bertz CT molecular complexity index is 198. The highest BCUT2D eigenvalue weighted by molar-refractivity contribution is 4.75. The molecule has 0 saturated carbocycles. The lowest BCUT2D eigenvalue weighted by Gasteiger charge is -2.03. The standard InChI is InChI=1S/C7H13N3O2/c1-6(11)4-8-3-2-7-9-5-10-12-7/h5-6,8,11H,2-4H2,1H3/t6-/m0/s1. The first-order chi connectivity index (χ1) is 5.79. The summed E-state index contributed by atoms with van der Waals surface area (Å²) in [5.74, 6) is 0.619. The average molecular weight is 171 g/mol. The number of nitrogens with one attached hydrogen (secondary N) is 1. The van der Waals surface area contributed by atoms with Gasteiger partial charge in [0.1, 0.15) is 0 Å². The van der Waals surface area contributed by atoms with E-state index < -0.39 is 0 Å². The zero-order valence-electron chi connectivity index (χ0n) is 7.03. The molecule has 0 radical (unpaired) electrons. The van der Waals surface area contributed by atoms with Crippen molar-refractivity contribution in [2.24, 2.45) is 0 Å². The van der Waals surface area contributed by atoms with E-state index in [4.69, 9.17) is 9.63 Å². The number of rotatable bonds is 5. The first-order valence-corrected chi connectivity index (χ1v) is 3.93. The van der Waals surface area contributed by atoms with Gasteiger partial charge in [-0.1, -0.05) is 5.16 Å². The fourth-order valence-electron chi connectivity index (χ4n) is 0.812. The molecule has 0 aliphatic rings. The van der Waals surface area contributed by atoms with E-state index in [0.717, 1.165) is 6.54 Å². The number of hydrogen-bond acceptors (Lipinski definition) is 5. The summed E-state index contributed by atoms with van der Waals surface area (Å²) in [7, 11) is 0. The predicted octanol–water partition coefficient (Wildman–Crippen LogP) is -0.418. The molecule has 0 saturated heterocycles. The lowest BCUT2D eigenvalue weighted by atomic mass is 10.4. The highest BCUT2D eigenvalue weighted by Gasteiger charge is 1.98. The van der Waals surface area contributed by atoms with Crippen LogP contribution in [0.3, 0.4) is 0 Å². The largest absolute Gasteiger partial charge is 0.392 e. The molecular weight excluding hydrogens is 158 g/mol. The fraction of sp³-hybridized carbons (Fsp3) is 0.714. The molecular formula is C7H13N3O2. The second-order valence-electron chi connectivity index (χ2n) is 2.64. The minimum absolute atomic E-state index is 0.312. The first kappa shape index (κ1) is 9.15. The normalized spacial score (nSPS) is 13.2. The molecule has 0 aliphatic heterocycles. The Morgan fingerprint density at radius 1 is 1.75 bits per heavy atom. The van der Waals surface area contributed by atoms with Crippen LogP contribution < -0.4 is 5.32 Å². The van der Waals surface area contributed by atoms with E-state index in [-0.39, 0.29) is 6.10 Å². The molecule has 0 spiro atoms. The second kappa shape index (κ2) is 4.84. The summed E-state index contributed by atoms with van der Waals surface area (Å²) in [5.41, 5.74) is 0. The molecule has 12 heavy (non-hydrogen) atoms. The van der Waals surface area contributed by atoms with Crippen molar-refractivity contribution in [3.8, 4) is 0 Å². The van der Waals surface area contributed by atoms with Crippen LogP contribution in [0.2, 0.25) is 0 Å². The third-order valence-electron chi connectivity index (χ3n) is 1.36. The molecule has 0 unspecified atom stereocenters. The van der Waals surface area contributed by atoms with Gasteiger partial charge in [-0.2, -0.15) is 4.98 Å². The minimum Gasteiger partial charge on any atom is -0.392 e. The van der Waals surface area contributed by atoms with Crippen LogP contribution in [0.25, 0.3) is 0 Å². The molecule has 5 heteroatoms. The molecule has 1 heterocycles. The molecule has 1 aromatic rings. The minimum atomic E-state index is -0.312. The van der Waals surface area contributed by atoms with Gasteiger partial charge in [0.05, 0.1) is 6.10 Å². The SMILES string of the molecule is C[C@H](O)CNCCc1ncno1. The quantitative estimate of drug-likeness (QED) is 0.589. The van der Waals surface area contributed by atoms with Crippen molar-refractivity contribution >= 4 is 0 Å². The third-order valence-corrected chi connectivity index (χ3v) is 1.36. The van der Waals surface area contributed by atoms with Crippen molar-refractivity contribution in [2.75, 3.05) is 13.1 Å². The fourth-order valence-corrected chi connectivity index (χ4v) is 0.812. The average Bonchev–Trinajstić information content (AvgIpc) is 2.49. The number of hydrogen-bond donors (Lipinski definition) is 2. The molecule has 1 aromatic heterocycles. The summed E-state index contributed by atoms with van der Waals surface area (Å²) in [4.78, 5) is 3.85. The van der Waals surface area contributed by atoms with Gasteiger partial charge in [0.15, 0.2) is 6.33 Å². The Balaban J connectivity index is 2.04. The van der Waals surface area contributed by atoms with Crippen LogP contribution in [0, 0.1) is 0 Å². The molecule has 1 rings (SSSR count). The maximum absolute atomic E-state index is 8.90. The Kier molecular flexibility index (Phi) is 3.69. The van der Waals surface area contributed by atoms with E-state index in [1.165, 1.54) is 6.33 Å². The summed E-state index contributed by atoms with van der Waals surface area (Å²) < 4.78 is 4.78. The van der Waals surface area contributed by atoms with Crippen molar-refractivity contribution in [1.29, 1.82) is 0 Å². The van der Waals surface area contributed by atoms with Crippen molar-refractivity contribution in [1.82, 2.24) is 15.5 Å². The summed E-state index contributed by atoms with van der Waals surface area (Å²) in [5, 5.41) is 15.4. The third kappa shape index (κ3) is 3.45. The highest BCUT2D eigenvalue weighted by atomic mass is 16.5. The van der Waals surface area contributed by atoms with E-state index in [1.807, 2.05) is 0 Å². The molecule has 0 bridgehead atoms. The molecule has 0 aliphatic carbocycles.